The summed E-state index contributed by atoms with van der Waals surface area (Å²) in [6.45, 7) is 2.64. The molecule has 0 bridgehead atoms. The Kier molecular flexibility index (Phi) is 3.56. The van der Waals surface area contributed by atoms with Crippen molar-refractivity contribution in [3.63, 3.8) is 0 Å². The first kappa shape index (κ1) is 11.1. The predicted octanol–water partition coefficient (Wildman–Crippen LogP) is 0.958. The van der Waals surface area contributed by atoms with E-state index in [9.17, 15) is 0 Å². The lowest BCUT2D eigenvalue weighted by Gasteiger charge is -2.22. The molecule has 0 saturated carbocycles. The lowest BCUT2D eigenvalue weighted by atomic mass is 10.1. The van der Waals surface area contributed by atoms with Crippen molar-refractivity contribution in [3.8, 4) is 5.88 Å². The zero-order valence-electron chi connectivity index (χ0n) is 9.72. The van der Waals surface area contributed by atoms with Gasteiger partial charge in [0.05, 0.1) is 13.7 Å². The Hall–Kier alpha value is -1.36. The highest BCUT2D eigenvalue weighted by molar-refractivity contribution is 5.46. The van der Waals surface area contributed by atoms with Crippen molar-refractivity contribution in [1.29, 1.82) is 0 Å². The van der Waals surface area contributed by atoms with Crippen LogP contribution in [0, 0.1) is 5.92 Å². The third kappa shape index (κ3) is 2.41. The van der Waals surface area contributed by atoms with Gasteiger partial charge in [-0.05, 0) is 6.42 Å². The molecule has 88 valence electrons. The maximum absolute atomic E-state index is 5.36. The smallest absolute Gasteiger partial charge is 0.257 e. The summed E-state index contributed by atoms with van der Waals surface area (Å²) in [5.41, 5.74) is 0. The van der Waals surface area contributed by atoms with Gasteiger partial charge in [-0.2, -0.15) is 0 Å². The maximum Gasteiger partial charge on any atom is 0.257 e. The van der Waals surface area contributed by atoms with Gasteiger partial charge < -0.3 is 14.4 Å². The molecule has 1 atom stereocenters. The number of rotatable bonds is 4. The monoisotopic (exact) mass is 223 g/mol. The van der Waals surface area contributed by atoms with Crippen molar-refractivity contribution >= 4 is 5.82 Å². The number of methoxy groups -OCH3 is 1. The topological polar surface area (TPSA) is 47.5 Å². The van der Waals surface area contributed by atoms with E-state index in [0.717, 1.165) is 32.0 Å². The molecule has 1 unspecified atom stereocenters. The average Bonchev–Trinajstić information content (AvgIpc) is 2.81. The number of aromatic nitrogens is 2. The van der Waals surface area contributed by atoms with Gasteiger partial charge in [-0.3, -0.25) is 0 Å². The second-order valence-electron chi connectivity index (χ2n) is 4.00. The van der Waals surface area contributed by atoms with Crippen LogP contribution in [0.25, 0.3) is 0 Å². The molecule has 1 fully saturated rings. The maximum atomic E-state index is 5.36. The summed E-state index contributed by atoms with van der Waals surface area (Å²) < 4.78 is 10.5. The van der Waals surface area contributed by atoms with Crippen molar-refractivity contribution < 1.29 is 9.47 Å². The van der Waals surface area contributed by atoms with Crippen LogP contribution in [0.3, 0.4) is 0 Å². The van der Waals surface area contributed by atoms with E-state index in [1.165, 1.54) is 0 Å². The average molecular weight is 223 g/mol. The number of hydrogen-bond donors (Lipinski definition) is 0. The van der Waals surface area contributed by atoms with Gasteiger partial charge in [0.1, 0.15) is 0 Å². The minimum atomic E-state index is 0.573. The molecule has 1 aromatic heterocycles. The summed E-state index contributed by atoms with van der Waals surface area (Å²) in [7, 11) is 3.62. The number of nitrogens with zero attached hydrogens (tertiary/aromatic N) is 3. The van der Waals surface area contributed by atoms with E-state index in [-0.39, 0.29) is 0 Å². The van der Waals surface area contributed by atoms with E-state index in [4.69, 9.17) is 9.47 Å². The van der Waals surface area contributed by atoms with E-state index >= 15 is 0 Å². The Morgan fingerprint density at radius 2 is 2.31 bits per heavy atom. The third-order valence-electron chi connectivity index (χ3n) is 2.76. The molecular weight excluding hydrogens is 206 g/mol. The summed E-state index contributed by atoms with van der Waals surface area (Å²) in [5, 5.41) is 0. The third-order valence-corrected chi connectivity index (χ3v) is 2.76. The summed E-state index contributed by atoms with van der Waals surface area (Å²) in [6.07, 6.45) is 4.43. The van der Waals surface area contributed by atoms with Crippen molar-refractivity contribution in [2.45, 2.75) is 6.42 Å². The van der Waals surface area contributed by atoms with Crippen molar-refractivity contribution in [1.82, 2.24) is 9.97 Å². The zero-order chi connectivity index (χ0) is 11.4. The Morgan fingerprint density at radius 3 is 3.00 bits per heavy atom. The minimum absolute atomic E-state index is 0.573. The molecule has 0 radical (unpaired) electrons. The van der Waals surface area contributed by atoms with Gasteiger partial charge >= 0.3 is 0 Å². The highest BCUT2D eigenvalue weighted by atomic mass is 16.5. The molecule has 0 aromatic carbocycles. The summed E-state index contributed by atoms with van der Waals surface area (Å²) in [6, 6.07) is 0. The first-order chi connectivity index (χ1) is 7.81. The highest BCUT2D eigenvalue weighted by Gasteiger charge is 2.20. The molecule has 2 heterocycles. The SMILES string of the molecule is COc1nccnc1N(C)CC1CCOC1. The summed E-state index contributed by atoms with van der Waals surface area (Å²) in [5.74, 6) is 1.94. The van der Waals surface area contributed by atoms with E-state index in [2.05, 4.69) is 14.9 Å². The van der Waals surface area contributed by atoms with E-state index in [1.807, 2.05) is 7.05 Å². The van der Waals surface area contributed by atoms with Gasteiger partial charge in [0, 0.05) is 38.5 Å². The summed E-state index contributed by atoms with van der Waals surface area (Å²) in [4.78, 5) is 10.5. The van der Waals surface area contributed by atoms with E-state index in [1.54, 1.807) is 19.5 Å². The van der Waals surface area contributed by atoms with Crippen LogP contribution in [0.4, 0.5) is 5.82 Å². The second kappa shape index (κ2) is 5.12. The number of hydrogen-bond acceptors (Lipinski definition) is 5. The van der Waals surface area contributed by atoms with Gasteiger partial charge in [-0.25, -0.2) is 9.97 Å². The fourth-order valence-electron chi connectivity index (χ4n) is 1.92. The Morgan fingerprint density at radius 1 is 1.50 bits per heavy atom. The molecule has 1 aliphatic rings. The lowest BCUT2D eigenvalue weighted by molar-refractivity contribution is 0.186. The largest absolute Gasteiger partial charge is 0.478 e. The van der Waals surface area contributed by atoms with Gasteiger partial charge in [0.15, 0.2) is 5.82 Å². The number of anilines is 1. The molecule has 0 amide bonds. The minimum Gasteiger partial charge on any atom is -0.478 e. The molecule has 5 heteroatoms. The highest BCUT2D eigenvalue weighted by Crippen LogP contribution is 2.23. The molecular formula is C11H17N3O2. The first-order valence-electron chi connectivity index (χ1n) is 5.45. The van der Waals surface area contributed by atoms with E-state index in [0.29, 0.717) is 11.8 Å². The fraction of sp³-hybridized carbons (Fsp3) is 0.636. The predicted molar refractivity (Wildman–Crippen MR) is 60.8 cm³/mol. The van der Waals surface area contributed by atoms with Gasteiger partial charge in [-0.1, -0.05) is 0 Å². The fourth-order valence-corrected chi connectivity index (χ4v) is 1.92. The molecule has 0 N–H and O–H groups in total. The molecule has 1 aliphatic heterocycles. The molecule has 16 heavy (non-hydrogen) atoms. The normalized spacial score (nSPS) is 19.8. The van der Waals surface area contributed by atoms with Crippen molar-refractivity contribution in [3.05, 3.63) is 12.4 Å². The van der Waals surface area contributed by atoms with Gasteiger partial charge in [-0.15, -0.1) is 0 Å². The summed E-state index contributed by atoms with van der Waals surface area (Å²) >= 11 is 0. The Labute approximate surface area is 95.4 Å². The molecule has 2 rings (SSSR count). The van der Waals surface area contributed by atoms with Crippen LogP contribution in [-0.4, -0.2) is 43.9 Å². The Balaban J connectivity index is 2.04. The first-order valence-corrected chi connectivity index (χ1v) is 5.45. The molecule has 0 spiro atoms. The van der Waals surface area contributed by atoms with Gasteiger partial charge in [0.25, 0.3) is 5.88 Å². The van der Waals surface area contributed by atoms with Crippen LogP contribution in [0.5, 0.6) is 5.88 Å². The van der Waals surface area contributed by atoms with Crippen LogP contribution in [0.2, 0.25) is 0 Å². The standard InChI is InChI=1S/C11H17N3O2/c1-14(7-9-3-6-16-8-9)10-11(15-2)13-5-4-12-10/h4-5,9H,3,6-8H2,1-2H3. The van der Waals surface area contributed by atoms with Crippen LogP contribution in [0.1, 0.15) is 6.42 Å². The molecule has 0 aliphatic carbocycles. The zero-order valence-corrected chi connectivity index (χ0v) is 9.72. The molecule has 5 nitrogen and oxygen atoms in total. The molecule has 1 saturated heterocycles. The van der Waals surface area contributed by atoms with Gasteiger partial charge in [0.2, 0.25) is 0 Å². The quantitative estimate of drug-likeness (QED) is 0.760. The number of ether oxygens (including phenoxy) is 2. The van der Waals surface area contributed by atoms with Crippen LogP contribution in [-0.2, 0) is 4.74 Å². The second-order valence-corrected chi connectivity index (χ2v) is 4.00. The van der Waals surface area contributed by atoms with Crippen LogP contribution in [0.15, 0.2) is 12.4 Å². The van der Waals surface area contributed by atoms with Crippen LogP contribution >= 0.6 is 0 Å². The van der Waals surface area contributed by atoms with Crippen LogP contribution < -0.4 is 9.64 Å². The van der Waals surface area contributed by atoms with Crippen molar-refractivity contribution in [2.75, 3.05) is 38.8 Å². The van der Waals surface area contributed by atoms with Crippen molar-refractivity contribution in [2.24, 2.45) is 5.92 Å². The Bertz CT molecular complexity index is 340. The molecule has 1 aromatic rings. The lowest BCUT2D eigenvalue weighted by Crippen LogP contribution is -2.27. The van der Waals surface area contributed by atoms with E-state index < -0.39 is 0 Å².